The minimum absolute atomic E-state index is 0.851. The molecule has 1 atom stereocenters. The van der Waals surface area contributed by atoms with Crippen molar-refractivity contribution in [2.24, 2.45) is 0 Å². The van der Waals surface area contributed by atoms with E-state index in [4.69, 9.17) is 0 Å². The smallest absolute Gasteiger partial charge is 0.139 e. The minimum atomic E-state index is -0.931. The molecule has 22 heavy (non-hydrogen) atoms. The van der Waals surface area contributed by atoms with Crippen LogP contribution in [-0.4, -0.2) is 25.9 Å². The van der Waals surface area contributed by atoms with Gasteiger partial charge in [-0.05, 0) is 28.8 Å². The summed E-state index contributed by atoms with van der Waals surface area (Å²) < 4.78 is 11.4. The number of nitrogens with zero attached hydrogens (tertiary/aromatic N) is 2. The molecule has 0 spiro atoms. The maximum Gasteiger partial charge on any atom is 0.139 e. The molecule has 0 bridgehead atoms. The first-order chi connectivity index (χ1) is 10.7. The van der Waals surface area contributed by atoms with Crippen LogP contribution in [0.2, 0.25) is 0 Å². The van der Waals surface area contributed by atoms with Crippen molar-refractivity contribution in [1.29, 1.82) is 0 Å². The van der Waals surface area contributed by atoms with Crippen LogP contribution in [0.5, 0.6) is 0 Å². The Kier molecular flexibility index (Phi) is 4.70. The highest BCUT2D eigenvalue weighted by molar-refractivity contribution is 7.98. The highest BCUT2D eigenvalue weighted by atomic mass is 32.2. The molecule has 0 amide bonds. The Bertz CT molecular complexity index is 753. The average Bonchev–Trinajstić information content (AvgIpc) is 3.07. The number of hydrogen-bond donors (Lipinski definition) is 1. The van der Waals surface area contributed by atoms with E-state index in [2.05, 4.69) is 39.7 Å². The quantitative estimate of drug-likeness (QED) is 0.728. The fourth-order valence-electron chi connectivity index (χ4n) is 2.05. The van der Waals surface area contributed by atoms with E-state index in [1.807, 2.05) is 24.3 Å². The van der Waals surface area contributed by atoms with Crippen LogP contribution in [0.3, 0.4) is 0 Å². The van der Waals surface area contributed by atoms with Crippen molar-refractivity contribution in [2.75, 3.05) is 6.26 Å². The predicted molar refractivity (Wildman–Crippen MR) is 90.2 cm³/mol. The average molecular weight is 329 g/mol. The van der Waals surface area contributed by atoms with E-state index in [0.29, 0.717) is 0 Å². The minimum Gasteiger partial charge on any atom is -0.255 e. The first kappa shape index (κ1) is 15.0. The number of benzene rings is 2. The van der Waals surface area contributed by atoms with Crippen molar-refractivity contribution < 1.29 is 4.21 Å². The molecule has 0 aliphatic heterocycles. The van der Waals surface area contributed by atoms with Gasteiger partial charge in [-0.25, -0.2) is 0 Å². The van der Waals surface area contributed by atoms with E-state index in [-0.39, 0.29) is 0 Å². The third-order valence-electron chi connectivity index (χ3n) is 3.25. The van der Waals surface area contributed by atoms with Gasteiger partial charge in [-0.2, -0.15) is 10.3 Å². The van der Waals surface area contributed by atoms with Crippen molar-refractivity contribution in [3.63, 3.8) is 0 Å². The van der Waals surface area contributed by atoms with Gasteiger partial charge in [0.15, 0.2) is 0 Å². The van der Waals surface area contributed by atoms with E-state index in [0.717, 1.165) is 26.8 Å². The van der Waals surface area contributed by atoms with Crippen LogP contribution in [0, 0.1) is 0 Å². The number of nitrogens with one attached hydrogen (secondary N) is 1. The standard InChI is InChI=1S/C16H15N3OS2/c1-22(20)15-8-6-14(7-9-15)13-4-2-12(3-5-13)11-21-16-10-17-19-18-16/h2-10H,11H2,1H3,(H,17,18,19). The van der Waals surface area contributed by atoms with Gasteiger partial charge < -0.3 is 0 Å². The van der Waals surface area contributed by atoms with Crippen LogP contribution in [0.1, 0.15) is 5.56 Å². The Morgan fingerprint density at radius 1 is 1.05 bits per heavy atom. The Hall–Kier alpha value is -1.92. The second-order valence-corrected chi connectivity index (χ2v) is 7.15. The zero-order valence-corrected chi connectivity index (χ0v) is 13.7. The summed E-state index contributed by atoms with van der Waals surface area (Å²) >= 11 is 1.65. The van der Waals surface area contributed by atoms with Crippen LogP contribution in [-0.2, 0) is 16.6 Å². The lowest BCUT2D eigenvalue weighted by molar-refractivity contribution is 0.687. The zero-order chi connectivity index (χ0) is 15.4. The summed E-state index contributed by atoms with van der Waals surface area (Å²) in [6.45, 7) is 0. The molecule has 3 rings (SSSR count). The molecule has 0 saturated carbocycles. The van der Waals surface area contributed by atoms with Gasteiger partial charge in [0.05, 0.1) is 6.20 Å². The van der Waals surface area contributed by atoms with Crippen LogP contribution in [0.25, 0.3) is 11.1 Å². The summed E-state index contributed by atoms with van der Waals surface area (Å²) in [6, 6.07) is 16.3. The SMILES string of the molecule is CS(=O)c1ccc(-c2ccc(CSc3cn[nH]n3)cc2)cc1. The number of thioether (sulfide) groups is 1. The van der Waals surface area contributed by atoms with Crippen molar-refractivity contribution in [1.82, 2.24) is 15.4 Å². The maximum absolute atomic E-state index is 11.4. The lowest BCUT2D eigenvalue weighted by Crippen LogP contribution is -1.87. The first-order valence-electron chi connectivity index (χ1n) is 6.74. The Morgan fingerprint density at radius 2 is 1.68 bits per heavy atom. The summed E-state index contributed by atoms with van der Waals surface area (Å²) in [5.41, 5.74) is 3.52. The molecular formula is C16H15N3OS2. The van der Waals surface area contributed by atoms with Crippen LogP contribution in [0.15, 0.2) is 64.6 Å². The van der Waals surface area contributed by atoms with E-state index in [9.17, 15) is 4.21 Å². The second-order valence-electron chi connectivity index (χ2n) is 4.77. The third kappa shape index (κ3) is 3.64. The largest absolute Gasteiger partial charge is 0.255 e. The summed E-state index contributed by atoms with van der Waals surface area (Å²) in [4.78, 5) is 0.851. The fraction of sp³-hybridized carbons (Fsp3) is 0.125. The Balaban J connectivity index is 1.69. The molecule has 0 saturated heterocycles. The van der Waals surface area contributed by atoms with E-state index >= 15 is 0 Å². The molecule has 6 heteroatoms. The lowest BCUT2D eigenvalue weighted by atomic mass is 10.0. The molecule has 0 radical (unpaired) electrons. The molecule has 3 aromatic rings. The monoisotopic (exact) mass is 329 g/mol. The van der Waals surface area contributed by atoms with Gasteiger partial charge >= 0.3 is 0 Å². The molecule has 2 aromatic carbocycles. The molecule has 1 aromatic heterocycles. The van der Waals surface area contributed by atoms with E-state index in [1.165, 1.54) is 5.56 Å². The van der Waals surface area contributed by atoms with Crippen molar-refractivity contribution in [3.05, 3.63) is 60.3 Å². The van der Waals surface area contributed by atoms with Gasteiger partial charge in [-0.3, -0.25) is 4.21 Å². The van der Waals surface area contributed by atoms with Gasteiger partial charge in [0.1, 0.15) is 5.03 Å². The van der Waals surface area contributed by atoms with Crippen molar-refractivity contribution in [3.8, 4) is 11.1 Å². The molecule has 112 valence electrons. The van der Waals surface area contributed by atoms with Gasteiger partial charge in [0, 0.05) is 27.7 Å². The number of aromatic nitrogens is 3. The van der Waals surface area contributed by atoms with E-state index in [1.54, 1.807) is 24.2 Å². The fourth-order valence-corrected chi connectivity index (χ4v) is 3.31. The van der Waals surface area contributed by atoms with Gasteiger partial charge in [0.2, 0.25) is 0 Å². The number of aromatic amines is 1. The Labute approximate surface area is 135 Å². The van der Waals surface area contributed by atoms with Gasteiger partial charge in [0.25, 0.3) is 0 Å². The Morgan fingerprint density at radius 3 is 2.23 bits per heavy atom. The maximum atomic E-state index is 11.4. The number of rotatable bonds is 5. The van der Waals surface area contributed by atoms with Crippen molar-refractivity contribution >= 4 is 22.6 Å². The second kappa shape index (κ2) is 6.89. The summed E-state index contributed by atoms with van der Waals surface area (Å²) in [5.74, 6) is 0.862. The molecule has 0 aliphatic carbocycles. The molecule has 4 nitrogen and oxygen atoms in total. The predicted octanol–water partition coefficient (Wildman–Crippen LogP) is 3.50. The third-order valence-corrected chi connectivity index (χ3v) is 5.16. The highest BCUT2D eigenvalue weighted by Gasteiger charge is 2.02. The molecule has 1 unspecified atom stereocenters. The summed E-state index contributed by atoms with van der Waals surface area (Å²) in [7, 11) is -0.931. The summed E-state index contributed by atoms with van der Waals surface area (Å²) in [6.07, 6.45) is 3.41. The van der Waals surface area contributed by atoms with Gasteiger partial charge in [-0.15, -0.1) is 5.10 Å². The number of H-pyrrole nitrogens is 1. The van der Waals surface area contributed by atoms with Crippen molar-refractivity contribution in [2.45, 2.75) is 15.7 Å². The first-order valence-corrected chi connectivity index (χ1v) is 9.28. The molecule has 1 heterocycles. The zero-order valence-electron chi connectivity index (χ0n) is 12.0. The lowest BCUT2D eigenvalue weighted by Gasteiger charge is -2.05. The molecule has 1 N–H and O–H groups in total. The van der Waals surface area contributed by atoms with E-state index < -0.39 is 10.8 Å². The van der Waals surface area contributed by atoms with Crippen LogP contribution < -0.4 is 0 Å². The van der Waals surface area contributed by atoms with Crippen LogP contribution in [0.4, 0.5) is 0 Å². The topological polar surface area (TPSA) is 58.6 Å². The normalized spacial score (nSPS) is 12.2. The molecule has 0 aliphatic rings. The van der Waals surface area contributed by atoms with Crippen LogP contribution >= 0.6 is 11.8 Å². The van der Waals surface area contributed by atoms with Gasteiger partial charge in [-0.1, -0.05) is 48.2 Å². The summed E-state index contributed by atoms with van der Waals surface area (Å²) in [5, 5.41) is 11.3. The highest BCUT2D eigenvalue weighted by Crippen LogP contribution is 2.24. The molecule has 0 fully saturated rings. The number of hydrogen-bond acceptors (Lipinski definition) is 4. The molecular weight excluding hydrogens is 314 g/mol.